The predicted molar refractivity (Wildman–Crippen MR) is 58.6 cm³/mol. The molecule has 0 unspecified atom stereocenters. The molecule has 0 fully saturated rings. The molecule has 0 saturated heterocycles. The summed E-state index contributed by atoms with van der Waals surface area (Å²) in [7, 11) is 0. The average Bonchev–Trinajstić information content (AvgIpc) is 2.09. The van der Waals surface area contributed by atoms with Crippen LogP contribution in [0.2, 0.25) is 0 Å². The molecule has 0 aliphatic carbocycles. The molecular formula is C10H24N2O2. The van der Waals surface area contributed by atoms with Gasteiger partial charge < -0.3 is 16.6 Å². The number of hydrogen-bond donors (Lipinski definition) is 2. The fourth-order valence-corrected chi connectivity index (χ4v) is 1.23. The summed E-state index contributed by atoms with van der Waals surface area (Å²) in [6.45, 7) is 2.68. The van der Waals surface area contributed by atoms with E-state index in [0.717, 1.165) is 12.8 Å². The van der Waals surface area contributed by atoms with E-state index in [0.29, 0.717) is 6.61 Å². The molecule has 5 N–H and O–H groups in total. The Morgan fingerprint density at radius 1 is 1.07 bits per heavy atom. The summed E-state index contributed by atoms with van der Waals surface area (Å²) in [5.41, 5.74) is 4.81. The molecule has 86 valence electrons. The molecule has 4 nitrogen and oxygen atoms in total. The van der Waals surface area contributed by atoms with E-state index in [1.165, 1.54) is 32.1 Å². The summed E-state index contributed by atoms with van der Waals surface area (Å²) in [5, 5.41) is 0. The van der Waals surface area contributed by atoms with E-state index in [2.05, 4.69) is 11.7 Å². The minimum absolute atomic E-state index is 0. The second-order valence-corrected chi connectivity index (χ2v) is 3.29. The number of rotatable bonds is 8. The minimum atomic E-state index is -0.661. The highest BCUT2D eigenvalue weighted by Crippen LogP contribution is 2.06. The van der Waals surface area contributed by atoms with Gasteiger partial charge in [0.15, 0.2) is 0 Å². The van der Waals surface area contributed by atoms with Gasteiger partial charge in [-0.05, 0) is 6.42 Å². The molecule has 14 heavy (non-hydrogen) atoms. The van der Waals surface area contributed by atoms with Crippen molar-refractivity contribution >= 4 is 6.09 Å². The van der Waals surface area contributed by atoms with Crippen LogP contribution in [-0.4, -0.2) is 12.7 Å². The Balaban J connectivity index is 0. The Kier molecular flexibility index (Phi) is 13.7. The van der Waals surface area contributed by atoms with E-state index in [-0.39, 0.29) is 6.15 Å². The lowest BCUT2D eigenvalue weighted by molar-refractivity contribution is 0.154. The average molecular weight is 204 g/mol. The van der Waals surface area contributed by atoms with Gasteiger partial charge in [0.05, 0.1) is 6.61 Å². The molecule has 0 bridgehead atoms. The molecule has 4 heteroatoms. The molecule has 0 aromatic rings. The molecule has 0 aromatic heterocycles. The smallest absolute Gasteiger partial charge is 0.404 e. The maximum absolute atomic E-state index is 10.2. The zero-order chi connectivity index (χ0) is 9.94. The van der Waals surface area contributed by atoms with Gasteiger partial charge in [-0.25, -0.2) is 4.79 Å². The van der Waals surface area contributed by atoms with Crippen LogP contribution in [0, 0.1) is 0 Å². The molecule has 0 rings (SSSR count). The molecule has 0 aliphatic rings. The standard InChI is InChI=1S/C10H21NO2.H3N/c1-2-3-4-5-6-7-8-9-13-10(11)12;/h2-9H2,1H3,(H2,11,12);1H3. The lowest BCUT2D eigenvalue weighted by Gasteiger charge is -2.01. The molecular weight excluding hydrogens is 180 g/mol. The Morgan fingerprint density at radius 2 is 1.57 bits per heavy atom. The maximum atomic E-state index is 10.2. The van der Waals surface area contributed by atoms with E-state index in [9.17, 15) is 4.79 Å². The van der Waals surface area contributed by atoms with E-state index in [4.69, 9.17) is 5.73 Å². The summed E-state index contributed by atoms with van der Waals surface area (Å²) in [6, 6.07) is 0. The largest absolute Gasteiger partial charge is 0.450 e. The van der Waals surface area contributed by atoms with Gasteiger partial charge >= 0.3 is 6.09 Å². The van der Waals surface area contributed by atoms with Gasteiger partial charge in [-0.1, -0.05) is 45.4 Å². The lowest BCUT2D eigenvalue weighted by atomic mass is 10.1. The number of amides is 1. The van der Waals surface area contributed by atoms with Crippen LogP contribution in [0.25, 0.3) is 0 Å². The first-order valence-corrected chi connectivity index (χ1v) is 5.19. The van der Waals surface area contributed by atoms with E-state index in [1.807, 2.05) is 0 Å². The van der Waals surface area contributed by atoms with Crippen molar-refractivity contribution in [3.63, 3.8) is 0 Å². The number of unbranched alkanes of at least 4 members (excludes halogenated alkanes) is 6. The number of nitrogens with two attached hydrogens (primary N) is 1. The summed E-state index contributed by atoms with van der Waals surface area (Å²) in [4.78, 5) is 10.2. The highest BCUT2D eigenvalue weighted by atomic mass is 16.5. The van der Waals surface area contributed by atoms with Crippen molar-refractivity contribution in [1.29, 1.82) is 0 Å². The fraction of sp³-hybridized carbons (Fsp3) is 0.900. The number of ether oxygens (including phenoxy) is 1. The Labute approximate surface area is 86.8 Å². The van der Waals surface area contributed by atoms with Gasteiger partial charge in [0.25, 0.3) is 0 Å². The molecule has 0 radical (unpaired) electrons. The Hall–Kier alpha value is -0.770. The minimum Gasteiger partial charge on any atom is -0.450 e. The first kappa shape index (κ1) is 15.7. The molecule has 0 saturated carbocycles. The summed E-state index contributed by atoms with van der Waals surface area (Å²) in [5.74, 6) is 0. The predicted octanol–water partition coefficient (Wildman–Crippen LogP) is 2.99. The Morgan fingerprint density at radius 3 is 2.07 bits per heavy atom. The maximum Gasteiger partial charge on any atom is 0.404 e. The third kappa shape index (κ3) is 13.8. The molecule has 0 aliphatic heterocycles. The second-order valence-electron chi connectivity index (χ2n) is 3.29. The van der Waals surface area contributed by atoms with Gasteiger partial charge in [-0.15, -0.1) is 0 Å². The van der Waals surface area contributed by atoms with Crippen molar-refractivity contribution in [3.05, 3.63) is 0 Å². The van der Waals surface area contributed by atoms with Crippen LogP contribution in [0.1, 0.15) is 51.9 Å². The van der Waals surface area contributed by atoms with Crippen molar-refractivity contribution in [3.8, 4) is 0 Å². The quantitative estimate of drug-likeness (QED) is 0.596. The summed E-state index contributed by atoms with van der Waals surface area (Å²) in [6.07, 6.45) is 7.89. The van der Waals surface area contributed by atoms with E-state index >= 15 is 0 Å². The number of carbonyl (C=O) groups is 1. The molecule has 1 amide bonds. The third-order valence-corrected chi connectivity index (χ3v) is 1.99. The third-order valence-electron chi connectivity index (χ3n) is 1.99. The van der Waals surface area contributed by atoms with Crippen LogP contribution in [0.4, 0.5) is 4.79 Å². The monoisotopic (exact) mass is 204 g/mol. The van der Waals surface area contributed by atoms with Crippen molar-refractivity contribution in [2.24, 2.45) is 5.73 Å². The van der Waals surface area contributed by atoms with Crippen LogP contribution in [0.5, 0.6) is 0 Å². The van der Waals surface area contributed by atoms with E-state index < -0.39 is 6.09 Å². The van der Waals surface area contributed by atoms with Crippen molar-refractivity contribution in [1.82, 2.24) is 6.15 Å². The highest BCUT2D eigenvalue weighted by Gasteiger charge is 1.93. The van der Waals surface area contributed by atoms with Crippen molar-refractivity contribution < 1.29 is 9.53 Å². The summed E-state index contributed by atoms with van der Waals surface area (Å²) >= 11 is 0. The van der Waals surface area contributed by atoms with Crippen LogP contribution in [0.15, 0.2) is 0 Å². The lowest BCUT2D eigenvalue weighted by Crippen LogP contribution is -2.13. The number of carbonyl (C=O) groups excluding carboxylic acids is 1. The number of primary amides is 1. The van der Waals surface area contributed by atoms with Crippen molar-refractivity contribution in [2.45, 2.75) is 51.9 Å². The van der Waals surface area contributed by atoms with Crippen LogP contribution < -0.4 is 11.9 Å². The number of hydrogen-bond acceptors (Lipinski definition) is 3. The van der Waals surface area contributed by atoms with Gasteiger partial charge in [0.2, 0.25) is 0 Å². The fourth-order valence-electron chi connectivity index (χ4n) is 1.23. The first-order chi connectivity index (χ1) is 6.27. The van der Waals surface area contributed by atoms with Gasteiger partial charge in [0.1, 0.15) is 0 Å². The van der Waals surface area contributed by atoms with Gasteiger partial charge in [0, 0.05) is 0 Å². The van der Waals surface area contributed by atoms with Crippen molar-refractivity contribution in [2.75, 3.05) is 6.61 Å². The van der Waals surface area contributed by atoms with Crippen LogP contribution in [-0.2, 0) is 4.74 Å². The van der Waals surface area contributed by atoms with Crippen LogP contribution >= 0.6 is 0 Å². The van der Waals surface area contributed by atoms with Gasteiger partial charge in [-0.2, -0.15) is 0 Å². The van der Waals surface area contributed by atoms with Crippen LogP contribution in [0.3, 0.4) is 0 Å². The molecule has 0 aromatic carbocycles. The molecule has 0 spiro atoms. The highest BCUT2D eigenvalue weighted by molar-refractivity contribution is 5.64. The zero-order valence-electron chi connectivity index (χ0n) is 9.26. The summed E-state index contributed by atoms with van der Waals surface area (Å²) < 4.78 is 4.61. The second kappa shape index (κ2) is 12.2. The zero-order valence-corrected chi connectivity index (χ0v) is 9.26. The normalized spacial score (nSPS) is 9.21. The molecule has 0 atom stereocenters. The van der Waals surface area contributed by atoms with E-state index in [1.54, 1.807) is 0 Å². The SMILES string of the molecule is CCCCCCCCCOC(N)=O.N. The topological polar surface area (TPSA) is 87.3 Å². The molecule has 0 heterocycles. The first-order valence-electron chi connectivity index (χ1n) is 5.19. The Bertz CT molecular complexity index is 129. The van der Waals surface area contributed by atoms with Gasteiger partial charge in [-0.3, -0.25) is 0 Å².